The summed E-state index contributed by atoms with van der Waals surface area (Å²) in [6.07, 6.45) is 2.24. The third-order valence-corrected chi connectivity index (χ3v) is 4.24. The van der Waals surface area contributed by atoms with Gasteiger partial charge in [0.1, 0.15) is 0 Å². The molecule has 6 heteroatoms. The van der Waals surface area contributed by atoms with Gasteiger partial charge in [0, 0.05) is 25.3 Å². The van der Waals surface area contributed by atoms with Crippen LogP contribution in [0.25, 0.3) is 0 Å². The SMILES string of the molecule is CC1CC(NCc2cccc([N+](=O)[O-])c2Br)CCO1. The summed E-state index contributed by atoms with van der Waals surface area (Å²) in [5.41, 5.74) is 1.02. The number of hydrogen-bond acceptors (Lipinski definition) is 4. The van der Waals surface area contributed by atoms with Crippen LogP contribution < -0.4 is 5.32 Å². The number of benzene rings is 1. The molecule has 1 aliphatic rings. The first-order valence-electron chi connectivity index (χ1n) is 6.34. The Morgan fingerprint density at radius 2 is 2.37 bits per heavy atom. The summed E-state index contributed by atoms with van der Waals surface area (Å²) in [4.78, 5) is 10.5. The van der Waals surface area contributed by atoms with E-state index in [2.05, 4.69) is 28.2 Å². The van der Waals surface area contributed by atoms with E-state index in [9.17, 15) is 10.1 Å². The second-order valence-electron chi connectivity index (χ2n) is 4.79. The summed E-state index contributed by atoms with van der Waals surface area (Å²) in [7, 11) is 0. The maximum atomic E-state index is 10.9. The van der Waals surface area contributed by atoms with Gasteiger partial charge in [-0.3, -0.25) is 10.1 Å². The summed E-state index contributed by atoms with van der Waals surface area (Å²) in [5.74, 6) is 0. The molecular formula is C13H17BrN2O3. The second-order valence-corrected chi connectivity index (χ2v) is 5.58. The van der Waals surface area contributed by atoms with Crippen LogP contribution in [0.2, 0.25) is 0 Å². The van der Waals surface area contributed by atoms with Crippen molar-refractivity contribution in [3.63, 3.8) is 0 Å². The molecule has 0 bridgehead atoms. The van der Waals surface area contributed by atoms with Gasteiger partial charge >= 0.3 is 0 Å². The van der Waals surface area contributed by atoms with Crippen molar-refractivity contribution in [3.8, 4) is 0 Å². The van der Waals surface area contributed by atoms with Crippen molar-refractivity contribution >= 4 is 21.6 Å². The standard InChI is InChI=1S/C13H17BrN2O3/c1-9-7-11(5-6-19-9)15-8-10-3-2-4-12(13(10)14)16(17)18/h2-4,9,11,15H,5-8H2,1H3. The van der Waals surface area contributed by atoms with Crippen LogP contribution in [0.15, 0.2) is 22.7 Å². The minimum absolute atomic E-state index is 0.111. The van der Waals surface area contributed by atoms with Crippen LogP contribution in [0.5, 0.6) is 0 Å². The van der Waals surface area contributed by atoms with Gasteiger partial charge in [0.2, 0.25) is 0 Å². The molecule has 0 amide bonds. The Kier molecular flexibility index (Phi) is 4.90. The van der Waals surface area contributed by atoms with E-state index in [1.807, 2.05) is 6.07 Å². The lowest BCUT2D eigenvalue weighted by Crippen LogP contribution is -2.37. The molecule has 1 saturated heterocycles. The van der Waals surface area contributed by atoms with Gasteiger partial charge in [-0.05, 0) is 41.3 Å². The van der Waals surface area contributed by atoms with E-state index in [0.717, 1.165) is 25.0 Å². The van der Waals surface area contributed by atoms with Crippen molar-refractivity contribution < 1.29 is 9.66 Å². The third-order valence-electron chi connectivity index (χ3n) is 3.32. The summed E-state index contributed by atoms with van der Waals surface area (Å²) in [6.45, 7) is 3.46. The number of nitrogens with one attached hydrogen (secondary N) is 1. The van der Waals surface area contributed by atoms with Crippen LogP contribution in [0, 0.1) is 10.1 Å². The molecule has 0 radical (unpaired) electrons. The highest BCUT2D eigenvalue weighted by Gasteiger charge is 2.20. The van der Waals surface area contributed by atoms with E-state index in [0.29, 0.717) is 17.1 Å². The minimum atomic E-state index is -0.371. The molecule has 0 aromatic heterocycles. The molecule has 2 unspecified atom stereocenters. The Bertz CT molecular complexity index is 467. The lowest BCUT2D eigenvalue weighted by Gasteiger charge is -2.28. The first-order valence-corrected chi connectivity index (χ1v) is 7.14. The molecular weight excluding hydrogens is 312 g/mol. The molecule has 1 fully saturated rings. The molecule has 19 heavy (non-hydrogen) atoms. The second kappa shape index (κ2) is 6.45. The molecule has 2 rings (SSSR count). The van der Waals surface area contributed by atoms with Crippen molar-refractivity contribution in [2.45, 2.75) is 38.5 Å². The normalized spacial score (nSPS) is 23.3. The molecule has 0 spiro atoms. The number of halogens is 1. The molecule has 1 heterocycles. The monoisotopic (exact) mass is 328 g/mol. The molecule has 5 nitrogen and oxygen atoms in total. The average molecular weight is 329 g/mol. The molecule has 1 aliphatic heterocycles. The van der Waals surface area contributed by atoms with Crippen LogP contribution in [-0.2, 0) is 11.3 Å². The quantitative estimate of drug-likeness (QED) is 0.681. The lowest BCUT2D eigenvalue weighted by molar-refractivity contribution is -0.385. The van der Waals surface area contributed by atoms with E-state index < -0.39 is 0 Å². The zero-order valence-corrected chi connectivity index (χ0v) is 12.4. The van der Waals surface area contributed by atoms with Crippen LogP contribution in [0.4, 0.5) is 5.69 Å². The van der Waals surface area contributed by atoms with Crippen molar-refractivity contribution in [2.75, 3.05) is 6.61 Å². The van der Waals surface area contributed by atoms with E-state index in [1.54, 1.807) is 6.07 Å². The smallest absolute Gasteiger partial charge is 0.283 e. The first-order chi connectivity index (χ1) is 9.08. The Labute approximate surface area is 120 Å². The fourth-order valence-corrected chi connectivity index (χ4v) is 2.83. The molecule has 2 atom stereocenters. The van der Waals surface area contributed by atoms with E-state index in [1.165, 1.54) is 6.07 Å². The van der Waals surface area contributed by atoms with Gasteiger partial charge in [-0.2, -0.15) is 0 Å². The predicted molar refractivity (Wildman–Crippen MR) is 76.1 cm³/mol. The highest BCUT2D eigenvalue weighted by molar-refractivity contribution is 9.10. The number of nitrogens with zero attached hydrogens (tertiary/aromatic N) is 1. The number of rotatable bonds is 4. The zero-order valence-electron chi connectivity index (χ0n) is 10.8. The van der Waals surface area contributed by atoms with Crippen molar-refractivity contribution in [2.24, 2.45) is 0 Å². The summed E-state index contributed by atoms with van der Waals surface area (Å²) >= 11 is 3.31. The highest BCUT2D eigenvalue weighted by Crippen LogP contribution is 2.28. The Hall–Kier alpha value is -0.980. The maximum Gasteiger partial charge on any atom is 0.283 e. The number of hydrogen-bond donors (Lipinski definition) is 1. The number of nitro benzene ring substituents is 1. The fraction of sp³-hybridized carbons (Fsp3) is 0.538. The maximum absolute atomic E-state index is 10.9. The molecule has 0 aliphatic carbocycles. The Morgan fingerprint density at radius 3 is 3.05 bits per heavy atom. The van der Waals surface area contributed by atoms with Gasteiger partial charge in [0.25, 0.3) is 5.69 Å². The van der Waals surface area contributed by atoms with Crippen LogP contribution in [0.1, 0.15) is 25.3 Å². The Balaban J connectivity index is 1.99. The third kappa shape index (κ3) is 3.75. The molecule has 1 aromatic carbocycles. The average Bonchev–Trinajstić information content (AvgIpc) is 2.37. The van der Waals surface area contributed by atoms with E-state index in [-0.39, 0.29) is 16.7 Å². The van der Waals surface area contributed by atoms with Gasteiger partial charge in [-0.15, -0.1) is 0 Å². The van der Waals surface area contributed by atoms with Gasteiger partial charge < -0.3 is 10.1 Å². The molecule has 0 saturated carbocycles. The minimum Gasteiger partial charge on any atom is -0.378 e. The lowest BCUT2D eigenvalue weighted by atomic mass is 10.0. The summed E-state index contributed by atoms with van der Waals surface area (Å²) in [5, 5.41) is 14.3. The largest absolute Gasteiger partial charge is 0.378 e. The summed E-state index contributed by atoms with van der Waals surface area (Å²) < 4.78 is 6.06. The Morgan fingerprint density at radius 1 is 1.58 bits per heavy atom. The van der Waals surface area contributed by atoms with Crippen molar-refractivity contribution in [1.29, 1.82) is 0 Å². The van der Waals surface area contributed by atoms with Crippen molar-refractivity contribution in [3.05, 3.63) is 38.3 Å². The molecule has 1 aromatic rings. The van der Waals surface area contributed by atoms with Crippen molar-refractivity contribution in [1.82, 2.24) is 5.32 Å². The zero-order chi connectivity index (χ0) is 13.8. The topological polar surface area (TPSA) is 64.4 Å². The van der Waals surface area contributed by atoms with Gasteiger partial charge in [-0.25, -0.2) is 0 Å². The van der Waals surface area contributed by atoms with Crippen LogP contribution >= 0.6 is 15.9 Å². The number of nitro groups is 1. The predicted octanol–water partition coefficient (Wildman–Crippen LogP) is 3.01. The highest BCUT2D eigenvalue weighted by atomic mass is 79.9. The van der Waals surface area contributed by atoms with Gasteiger partial charge in [-0.1, -0.05) is 12.1 Å². The molecule has 1 N–H and O–H groups in total. The number of ether oxygens (including phenoxy) is 1. The van der Waals surface area contributed by atoms with Gasteiger partial charge in [0.05, 0.1) is 15.5 Å². The van der Waals surface area contributed by atoms with E-state index in [4.69, 9.17) is 4.74 Å². The summed E-state index contributed by atoms with van der Waals surface area (Å²) in [6, 6.07) is 5.53. The fourth-order valence-electron chi connectivity index (χ4n) is 2.28. The molecule has 104 valence electrons. The first kappa shape index (κ1) is 14.4. The van der Waals surface area contributed by atoms with E-state index >= 15 is 0 Å². The van der Waals surface area contributed by atoms with Crippen LogP contribution in [-0.4, -0.2) is 23.7 Å². The van der Waals surface area contributed by atoms with Gasteiger partial charge in [0.15, 0.2) is 0 Å². The van der Waals surface area contributed by atoms with Crippen LogP contribution in [0.3, 0.4) is 0 Å².